The second kappa shape index (κ2) is 4.84. The number of halogens is 3. The molecule has 19 heavy (non-hydrogen) atoms. The summed E-state index contributed by atoms with van der Waals surface area (Å²) >= 11 is 0. The van der Waals surface area contributed by atoms with Gasteiger partial charge in [0.05, 0.1) is 5.56 Å². The van der Waals surface area contributed by atoms with Crippen LogP contribution in [0.3, 0.4) is 0 Å². The van der Waals surface area contributed by atoms with Gasteiger partial charge in [0.1, 0.15) is 5.75 Å². The molecule has 0 aliphatic rings. The van der Waals surface area contributed by atoms with Gasteiger partial charge in [-0.3, -0.25) is 0 Å². The topological polar surface area (TPSA) is 46.2 Å². The van der Waals surface area contributed by atoms with Crippen LogP contribution in [0.2, 0.25) is 0 Å². The van der Waals surface area contributed by atoms with Crippen LogP contribution < -0.4 is 5.73 Å². The molecule has 0 bridgehead atoms. The maximum atomic E-state index is 12.6. The van der Waals surface area contributed by atoms with Gasteiger partial charge >= 0.3 is 6.18 Å². The number of alkyl halides is 3. The van der Waals surface area contributed by atoms with E-state index >= 15 is 0 Å². The zero-order chi connectivity index (χ0) is 14.0. The lowest BCUT2D eigenvalue weighted by molar-refractivity contribution is -0.137. The number of benzene rings is 2. The molecule has 2 aromatic carbocycles. The Morgan fingerprint density at radius 2 is 1.63 bits per heavy atom. The largest absolute Gasteiger partial charge is 0.508 e. The zero-order valence-corrected chi connectivity index (χ0v) is 9.91. The zero-order valence-electron chi connectivity index (χ0n) is 9.91. The molecule has 0 aliphatic carbocycles. The molecule has 2 rings (SSSR count). The van der Waals surface area contributed by atoms with Crippen LogP contribution >= 0.6 is 0 Å². The molecular formula is C14H12F3NO. The van der Waals surface area contributed by atoms with E-state index in [-0.39, 0.29) is 12.2 Å². The second-order valence-corrected chi connectivity index (χ2v) is 4.25. The van der Waals surface area contributed by atoms with Crippen LogP contribution in [0.15, 0.2) is 42.5 Å². The first-order valence-corrected chi connectivity index (χ1v) is 5.60. The summed E-state index contributed by atoms with van der Waals surface area (Å²) in [4.78, 5) is 0. The summed E-state index contributed by atoms with van der Waals surface area (Å²) in [6.07, 6.45) is -4.09. The monoisotopic (exact) mass is 267 g/mol. The summed E-state index contributed by atoms with van der Waals surface area (Å²) in [5.74, 6) is 0.112. The summed E-state index contributed by atoms with van der Waals surface area (Å²) in [7, 11) is 0. The Morgan fingerprint density at radius 3 is 2.21 bits per heavy atom. The lowest BCUT2D eigenvalue weighted by atomic mass is 10.0. The van der Waals surface area contributed by atoms with Crippen molar-refractivity contribution in [3.8, 4) is 5.75 Å². The molecule has 0 unspecified atom stereocenters. The van der Waals surface area contributed by atoms with Crippen molar-refractivity contribution in [1.29, 1.82) is 0 Å². The molecule has 2 nitrogen and oxygen atoms in total. The van der Waals surface area contributed by atoms with E-state index in [9.17, 15) is 13.2 Å². The van der Waals surface area contributed by atoms with Crippen molar-refractivity contribution in [2.45, 2.75) is 12.6 Å². The molecule has 0 fully saturated rings. The summed E-state index contributed by atoms with van der Waals surface area (Å²) < 4.78 is 37.9. The third-order valence-corrected chi connectivity index (χ3v) is 2.80. The smallest absolute Gasteiger partial charge is 0.416 e. The van der Waals surface area contributed by atoms with Gasteiger partial charge in [0, 0.05) is 5.69 Å². The minimum atomic E-state index is -4.38. The number of anilines is 1. The highest BCUT2D eigenvalue weighted by Crippen LogP contribution is 2.31. The molecule has 100 valence electrons. The number of nitrogens with two attached hydrogens (primary N) is 1. The van der Waals surface area contributed by atoms with E-state index in [2.05, 4.69) is 0 Å². The minimum absolute atomic E-state index is 0.112. The number of aromatic hydroxyl groups is 1. The summed E-state index contributed by atoms with van der Waals surface area (Å²) in [5, 5.41) is 9.15. The Balaban J connectivity index is 2.31. The number of hydrogen-bond donors (Lipinski definition) is 2. The quantitative estimate of drug-likeness (QED) is 0.817. The average molecular weight is 267 g/mol. The molecule has 0 radical (unpaired) electrons. The average Bonchev–Trinajstić information content (AvgIpc) is 2.33. The number of rotatable bonds is 2. The van der Waals surface area contributed by atoms with Crippen LogP contribution in [0.4, 0.5) is 18.9 Å². The fourth-order valence-electron chi connectivity index (χ4n) is 1.77. The summed E-state index contributed by atoms with van der Waals surface area (Å²) in [5.41, 5.74) is 6.50. The Morgan fingerprint density at radius 1 is 1.00 bits per heavy atom. The van der Waals surface area contributed by atoms with E-state index in [1.807, 2.05) is 0 Å². The highest BCUT2D eigenvalue weighted by atomic mass is 19.4. The predicted octanol–water partition coefficient (Wildman–Crippen LogP) is 3.58. The van der Waals surface area contributed by atoms with Crippen LogP contribution in [0.5, 0.6) is 5.75 Å². The van der Waals surface area contributed by atoms with Crippen molar-refractivity contribution in [1.82, 2.24) is 0 Å². The maximum absolute atomic E-state index is 12.6. The van der Waals surface area contributed by atoms with E-state index < -0.39 is 11.7 Å². The van der Waals surface area contributed by atoms with Crippen molar-refractivity contribution >= 4 is 5.69 Å². The number of phenols is 1. The van der Waals surface area contributed by atoms with Gasteiger partial charge in [0.15, 0.2) is 0 Å². The summed E-state index contributed by atoms with van der Waals surface area (Å²) in [6, 6.07) is 9.55. The normalized spacial score (nSPS) is 11.5. The molecule has 3 N–H and O–H groups in total. The molecule has 2 aromatic rings. The van der Waals surface area contributed by atoms with E-state index in [1.165, 1.54) is 18.2 Å². The molecular weight excluding hydrogens is 255 g/mol. The molecule has 0 saturated carbocycles. The fraction of sp³-hybridized carbons (Fsp3) is 0.143. The van der Waals surface area contributed by atoms with Crippen LogP contribution in [-0.4, -0.2) is 5.11 Å². The van der Waals surface area contributed by atoms with E-state index in [0.29, 0.717) is 11.3 Å². The van der Waals surface area contributed by atoms with Crippen molar-refractivity contribution in [3.05, 3.63) is 59.2 Å². The van der Waals surface area contributed by atoms with Crippen LogP contribution in [-0.2, 0) is 12.6 Å². The Labute approximate surface area is 108 Å². The Hall–Kier alpha value is -2.17. The third-order valence-electron chi connectivity index (χ3n) is 2.80. The minimum Gasteiger partial charge on any atom is -0.508 e. The second-order valence-electron chi connectivity index (χ2n) is 4.25. The van der Waals surface area contributed by atoms with Gasteiger partial charge in [-0.15, -0.1) is 0 Å². The van der Waals surface area contributed by atoms with Gasteiger partial charge in [-0.1, -0.05) is 12.1 Å². The number of nitrogen functional groups attached to an aromatic ring is 1. The van der Waals surface area contributed by atoms with E-state index in [4.69, 9.17) is 10.8 Å². The molecule has 5 heteroatoms. The molecule has 0 spiro atoms. The number of phenolic OH excluding ortho intramolecular Hbond substituents is 1. The predicted molar refractivity (Wildman–Crippen MR) is 66.8 cm³/mol. The van der Waals surface area contributed by atoms with Gasteiger partial charge in [-0.2, -0.15) is 13.2 Å². The van der Waals surface area contributed by atoms with Crippen LogP contribution in [0, 0.1) is 0 Å². The maximum Gasteiger partial charge on any atom is 0.416 e. The van der Waals surface area contributed by atoms with Gasteiger partial charge in [0.25, 0.3) is 0 Å². The van der Waals surface area contributed by atoms with Crippen molar-refractivity contribution in [2.75, 3.05) is 5.73 Å². The summed E-state index contributed by atoms with van der Waals surface area (Å²) in [6.45, 7) is 0. The van der Waals surface area contributed by atoms with E-state index in [1.54, 1.807) is 12.1 Å². The first-order valence-electron chi connectivity index (χ1n) is 5.60. The van der Waals surface area contributed by atoms with Gasteiger partial charge in [-0.25, -0.2) is 0 Å². The van der Waals surface area contributed by atoms with Gasteiger partial charge in [-0.05, 0) is 47.9 Å². The number of hydrogen-bond acceptors (Lipinski definition) is 2. The molecule has 0 atom stereocenters. The molecule has 0 aromatic heterocycles. The third kappa shape index (κ3) is 3.19. The van der Waals surface area contributed by atoms with Crippen molar-refractivity contribution < 1.29 is 18.3 Å². The first-order chi connectivity index (χ1) is 8.86. The molecule has 0 heterocycles. The Bertz CT molecular complexity index is 576. The van der Waals surface area contributed by atoms with E-state index in [0.717, 1.165) is 17.7 Å². The highest BCUT2D eigenvalue weighted by Gasteiger charge is 2.30. The SMILES string of the molecule is Nc1ccc(C(F)(F)F)cc1Cc1ccc(O)cc1. The molecule has 0 aliphatic heterocycles. The highest BCUT2D eigenvalue weighted by molar-refractivity contribution is 5.51. The van der Waals surface area contributed by atoms with Gasteiger partial charge < -0.3 is 10.8 Å². The van der Waals surface area contributed by atoms with Crippen LogP contribution in [0.1, 0.15) is 16.7 Å². The van der Waals surface area contributed by atoms with Gasteiger partial charge in [0.2, 0.25) is 0 Å². The van der Waals surface area contributed by atoms with Crippen molar-refractivity contribution in [2.24, 2.45) is 0 Å². The standard InChI is InChI=1S/C14H12F3NO/c15-14(16,17)11-3-6-13(18)10(8-11)7-9-1-4-12(19)5-2-9/h1-6,8,19H,7,18H2. The van der Waals surface area contributed by atoms with Crippen molar-refractivity contribution in [3.63, 3.8) is 0 Å². The van der Waals surface area contributed by atoms with Crippen LogP contribution in [0.25, 0.3) is 0 Å². The lowest BCUT2D eigenvalue weighted by Gasteiger charge is -2.11. The first kappa shape index (κ1) is 13.3. The molecule has 0 saturated heterocycles. The lowest BCUT2D eigenvalue weighted by Crippen LogP contribution is -2.07. The fourth-order valence-corrected chi connectivity index (χ4v) is 1.77. The molecule has 0 amide bonds. The Kier molecular flexibility index (Phi) is 3.38.